The Balaban J connectivity index is 1.69. The third-order valence-corrected chi connectivity index (χ3v) is 4.62. The van der Waals surface area contributed by atoms with Gasteiger partial charge in [0, 0.05) is 13.2 Å². The fraction of sp³-hybridized carbons (Fsp3) is 0.579. The quantitative estimate of drug-likeness (QED) is 0.905. The smallest absolute Gasteiger partial charge is 0.265 e. The van der Waals surface area contributed by atoms with Crippen LogP contribution in [-0.4, -0.2) is 44.2 Å². The number of fused-ring (bicyclic) bond motifs is 1. The lowest BCUT2D eigenvalue weighted by molar-refractivity contribution is -0.125. The third-order valence-electron chi connectivity index (χ3n) is 4.62. The van der Waals surface area contributed by atoms with Crippen LogP contribution in [0.4, 0.5) is 5.69 Å². The van der Waals surface area contributed by atoms with Crippen molar-refractivity contribution in [1.82, 2.24) is 5.32 Å². The van der Waals surface area contributed by atoms with E-state index in [2.05, 4.69) is 26.1 Å². The normalized spacial score (nSPS) is 20.2. The van der Waals surface area contributed by atoms with Gasteiger partial charge >= 0.3 is 0 Å². The maximum absolute atomic E-state index is 12.2. The number of hydrogen-bond donors (Lipinski definition) is 1. The summed E-state index contributed by atoms with van der Waals surface area (Å²) >= 11 is 0. The molecular formula is C19H26N2O4. The molecular weight excluding hydrogens is 320 g/mol. The summed E-state index contributed by atoms with van der Waals surface area (Å²) in [6.07, 6.45) is 2.09. The molecule has 0 unspecified atom stereocenters. The monoisotopic (exact) mass is 346 g/mol. The zero-order valence-corrected chi connectivity index (χ0v) is 15.1. The van der Waals surface area contributed by atoms with E-state index in [0.717, 1.165) is 25.0 Å². The van der Waals surface area contributed by atoms with Gasteiger partial charge in [0.2, 0.25) is 5.91 Å². The second-order valence-electron chi connectivity index (χ2n) is 7.64. The summed E-state index contributed by atoms with van der Waals surface area (Å²) in [6.45, 7) is 7.58. The summed E-state index contributed by atoms with van der Waals surface area (Å²) < 4.78 is 11.1. The van der Waals surface area contributed by atoms with Crippen molar-refractivity contribution in [3.8, 4) is 5.75 Å². The van der Waals surface area contributed by atoms with Crippen molar-refractivity contribution in [3.05, 3.63) is 23.8 Å². The third kappa shape index (κ3) is 4.12. The molecule has 1 aromatic rings. The molecule has 1 saturated heterocycles. The van der Waals surface area contributed by atoms with Gasteiger partial charge in [-0.3, -0.25) is 14.5 Å². The van der Waals surface area contributed by atoms with Gasteiger partial charge in [0.1, 0.15) is 12.3 Å². The van der Waals surface area contributed by atoms with Gasteiger partial charge in [0.05, 0.1) is 11.8 Å². The minimum absolute atomic E-state index is 0.00320. The average Bonchev–Trinajstić information content (AvgIpc) is 3.08. The Hall–Kier alpha value is -2.08. The van der Waals surface area contributed by atoms with Crippen LogP contribution in [-0.2, 0) is 19.7 Å². The summed E-state index contributed by atoms with van der Waals surface area (Å²) in [5.74, 6) is 0.263. The second-order valence-corrected chi connectivity index (χ2v) is 7.64. The molecule has 1 N–H and O–H groups in total. The van der Waals surface area contributed by atoms with Crippen LogP contribution in [0.5, 0.6) is 5.75 Å². The number of nitrogens with one attached hydrogen (secondary N) is 1. The van der Waals surface area contributed by atoms with E-state index in [1.54, 1.807) is 0 Å². The highest BCUT2D eigenvalue weighted by atomic mass is 16.5. The maximum atomic E-state index is 12.2. The lowest BCUT2D eigenvalue weighted by Gasteiger charge is -2.30. The Bertz CT molecular complexity index is 660. The molecule has 0 aromatic heterocycles. The van der Waals surface area contributed by atoms with Crippen LogP contribution in [0, 0.1) is 0 Å². The van der Waals surface area contributed by atoms with E-state index in [1.807, 2.05) is 18.2 Å². The van der Waals surface area contributed by atoms with Gasteiger partial charge in [-0.2, -0.15) is 0 Å². The van der Waals surface area contributed by atoms with Crippen molar-refractivity contribution in [2.75, 3.05) is 31.2 Å². The predicted octanol–water partition coefficient (Wildman–Crippen LogP) is 2.00. The number of carbonyl (C=O) groups excluding carboxylic acids is 2. The van der Waals surface area contributed by atoms with E-state index in [0.29, 0.717) is 18.0 Å². The SMILES string of the molecule is CC(C)(C)c1ccc2c(c1)OCC(=O)N2CC(=O)NC[C@H]1CCCO1. The van der Waals surface area contributed by atoms with Crippen LogP contribution in [0.15, 0.2) is 18.2 Å². The van der Waals surface area contributed by atoms with E-state index in [1.165, 1.54) is 4.90 Å². The fourth-order valence-corrected chi connectivity index (χ4v) is 3.08. The van der Waals surface area contributed by atoms with E-state index >= 15 is 0 Å². The fourth-order valence-electron chi connectivity index (χ4n) is 3.08. The highest BCUT2D eigenvalue weighted by Gasteiger charge is 2.29. The first-order chi connectivity index (χ1) is 11.8. The van der Waals surface area contributed by atoms with Crippen LogP contribution >= 0.6 is 0 Å². The average molecular weight is 346 g/mol. The summed E-state index contributed by atoms with van der Waals surface area (Å²) in [4.78, 5) is 26.0. The van der Waals surface area contributed by atoms with Crippen molar-refractivity contribution in [2.24, 2.45) is 0 Å². The van der Waals surface area contributed by atoms with Crippen LogP contribution in [0.25, 0.3) is 0 Å². The lowest BCUT2D eigenvalue weighted by Crippen LogP contribution is -2.46. The number of benzene rings is 1. The van der Waals surface area contributed by atoms with E-state index < -0.39 is 0 Å². The minimum atomic E-state index is -0.205. The Morgan fingerprint density at radius 3 is 2.84 bits per heavy atom. The Morgan fingerprint density at radius 1 is 1.36 bits per heavy atom. The highest BCUT2D eigenvalue weighted by molar-refractivity contribution is 6.02. The molecule has 6 heteroatoms. The molecule has 2 aliphatic rings. The van der Waals surface area contributed by atoms with E-state index in [4.69, 9.17) is 9.47 Å². The van der Waals surface area contributed by atoms with Gasteiger partial charge in [0.25, 0.3) is 5.91 Å². The summed E-state index contributed by atoms with van der Waals surface area (Å²) in [7, 11) is 0. The summed E-state index contributed by atoms with van der Waals surface area (Å²) in [5, 5.41) is 2.86. The number of hydrogen-bond acceptors (Lipinski definition) is 4. The molecule has 0 bridgehead atoms. The first kappa shape index (κ1) is 17.7. The molecule has 2 heterocycles. The standard InChI is InChI=1S/C19H26N2O4/c1-19(2,3)13-6-7-15-16(9-13)25-12-18(23)21(15)11-17(22)20-10-14-5-4-8-24-14/h6-7,9,14H,4-5,8,10-12H2,1-3H3,(H,20,22)/t14-/m1/s1. The molecule has 0 spiro atoms. The molecule has 0 aliphatic carbocycles. The van der Waals surface area contributed by atoms with Crippen molar-refractivity contribution in [1.29, 1.82) is 0 Å². The molecule has 25 heavy (non-hydrogen) atoms. The predicted molar refractivity (Wildman–Crippen MR) is 95.0 cm³/mol. The number of rotatable bonds is 4. The molecule has 2 amide bonds. The molecule has 1 aromatic carbocycles. The van der Waals surface area contributed by atoms with Crippen LogP contribution in [0.1, 0.15) is 39.2 Å². The molecule has 0 saturated carbocycles. The second kappa shape index (κ2) is 7.04. The zero-order chi connectivity index (χ0) is 18.0. The van der Waals surface area contributed by atoms with E-state index in [-0.39, 0.29) is 36.5 Å². The summed E-state index contributed by atoms with van der Waals surface area (Å²) in [5.41, 5.74) is 1.77. The number of amides is 2. The van der Waals surface area contributed by atoms with Crippen LogP contribution < -0.4 is 15.0 Å². The van der Waals surface area contributed by atoms with Crippen molar-refractivity contribution in [2.45, 2.75) is 45.1 Å². The molecule has 136 valence electrons. The van der Waals surface area contributed by atoms with Gasteiger partial charge < -0.3 is 14.8 Å². The van der Waals surface area contributed by atoms with Gasteiger partial charge in [-0.15, -0.1) is 0 Å². The molecule has 3 rings (SSSR count). The van der Waals surface area contributed by atoms with Crippen molar-refractivity contribution in [3.63, 3.8) is 0 Å². The van der Waals surface area contributed by atoms with Gasteiger partial charge in [0.15, 0.2) is 6.61 Å². The Labute approximate surface area is 148 Å². The van der Waals surface area contributed by atoms with Crippen LogP contribution in [0.3, 0.4) is 0 Å². The molecule has 0 radical (unpaired) electrons. The topological polar surface area (TPSA) is 67.9 Å². The van der Waals surface area contributed by atoms with E-state index in [9.17, 15) is 9.59 Å². The Kier molecular flexibility index (Phi) is 4.99. The Morgan fingerprint density at radius 2 is 2.16 bits per heavy atom. The van der Waals surface area contributed by atoms with Gasteiger partial charge in [-0.25, -0.2) is 0 Å². The number of anilines is 1. The minimum Gasteiger partial charge on any atom is -0.482 e. The van der Waals surface area contributed by atoms with Gasteiger partial charge in [-0.05, 0) is 36.0 Å². The number of ether oxygens (including phenoxy) is 2. The maximum Gasteiger partial charge on any atom is 0.265 e. The molecule has 1 fully saturated rings. The molecule has 1 atom stereocenters. The summed E-state index contributed by atoms with van der Waals surface area (Å²) in [6, 6.07) is 5.80. The van der Waals surface area contributed by atoms with Crippen LogP contribution in [0.2, 0.25) is 0 Å². The zero-order valence-electron chi connectivity index (χ0n) is 15.1. The first-order valence-electron chi connectivity index (χ1n) is 8.80. The lowest BCUT2D eigenvalue weighted by atomic mass is 9.86. The number of nitrogens with zero attached hydrogens (tertiary/aromatic N) is 1. The van der Waals surface area contributed by atoms with Crippen molar-refractivity contribution >= 4 is 17.5 Å². The largest absolute Gasteiger partial charge is 0.482 e. The molecule has 6 nitrogen and oxygen atoms in total. The number of carbonyl (C=O) groups is 2. The highest BCUT2D eigenvalue weighted by Crippen LogP contribution is 2.36. The van der Waals surface area contributed by atoms with Gasteiger partial charge in [-0.1, -0.05) is 26.8 Å². The molecule has 2 aliphatic heterocycles. The van der Waals surface area contributed by atoms with Crippen molar-refractivity contribution < 1.29 is 19.1 Å². The first-order valence-corrected chi connectivity index (χ1v) is 8.80.